The number of carbonyl (C=O) groups excluding carboxylic acids is 1. The Morgan fingerprint density at radius 1 is 1.40 bits per heavy atom. The minimum Gasteiger partial charge on any atom is -0.384 e. The maximum absolute atomic E-state index is 11.6. The van der Waals surface area contributed by atoms with Crippen LogP contribution < -0.4 is 0 Å². The Balaban J connectivity index is 2.37. The number of hydrogen-bond donors (Lipinski definition) is 0. The van der Waals surface area contributed by atoms with Crippen LogP contribution in [0.3, 0.4) is 0 Å². The minimum atomic E-state index is 0.132. The molecule has 0 aliphatic carbocycles. The average molecular weight is 245 g/mol. The maximum atomic E-state index is 11.6. The Labute approximate surface area is 99.0 Å². The Kier molecular flexibility index (Phi) is 5.76. The van der Waals surface area contributed by atoms with Gasteiger partial charge >= 0.3 is 0 Å². The third-order valence-electron chi connectivity index (χ3n) is 1.83. The highest BCUT2D eigenvalue weighted by Crippen LogP contribution is 2.12. The summed E-state index contributed by atoms with van der Waals surface area (Å²) < 4.78 is 4.90. The van der Waals surface area contributed by atoms with E-state index in [2.05, 4.69) is 0 Å². The van der Waals surface area contributed by atoms with Gasteiger partial charge in [0.2, 0.25) is 0 Å². The molecule has 0 aliphatic heterocycles. The van der Waals surface area contributed by atoms with E-state index in [1.807, 2.05) is 0 Å². The lowest BCUT2D eigenvalue weighted by molar-refractivity contribution is 0.102. The van der Waals surface area contributed by atoms with Crippen molar-refractivity contribution in [2.75, 3.05) is 25.2 Å². The van der Waals surface area contributed by atoms with E-state index in [-0.39, 0.29) is 5.78 Å². The average Bonchev–Trinajstić information content (AvgIpc) is 2.25. The van der Waals surface area contributed by atoms with Crippen molar-refractivity contribution in [2.45, 2.75) is 0 Å². The first-order valence-corrected chi connectivity index (χ1v) is 6.12. The Hall–Kier alpha value is -0.510. The molecule has 0 bridgehead atoms. The SMILES string of the molecule is COCCSCC(=O)c1ccc(Cl)cc1. The molecule has 0 fully saturated rings. The van der Waals surface area contributed by atoms with E-state index >= 15 is 0 Å². The molecule has 0 amide bonds. The van der Waals surface area contributed by atoms with Gasteiger partial charge in [0.25, 0.3) is 0 Å². The predicted octanol–water partition coefficient (Wildman–Crippen LogP) is 2.90. The summed E-state index contributed by atoms with van der Waals surface area (Å²) in [6.07, 6.45) is 0. The molecular formula is C11H13ClO2S. The lowest BCUT2D eigenvalue weighted by Gasteiger charge is -2.01. The smallest absolute Gasteiger partial charge is 0.172 e. The van der Waals surface area contributed by atoms with Crippen LogP contribution in [0.25, 0.3) is 0 Å². The fourth-order valence-corrected chi connectivity index (χ4v) is 1.93. The van der Waals surface area contributed by atoms with Crippen LogP contribution in [-0.2, 0) is 4.74 Å². The zero-order chi connectivity index (χ0) is 11.1. The van der Waals surface area contributed by atoms with Gasteiger partial charge in [-0.25, -0.2) is 0 Å². The van der Waals surface area contributed by atoms with E-state index in [0.29, 0.717) is 22.9 Å². The molecule has 1 aromatic rings. The van der Waals surface area contributed by atoms with Gasteiger partial charge in [-0.15, -0.1) is 0 Å². The van der Waals surface area contributed by atoms with Gasteiger partial charge in [0, 0.05) is 23.4 Å². The van der Waals surface area contributed by atoms with Crippen molar-refractivity contribution in [2.24, 2.45) is 0 Å². The second-order valence-electron chi connectivity index (χ2n) is 2.98. The number of ketones is 1. The first kappa shape index (κ1) is 12.6. The monoisotopic (exact) mass is 244 g/mol. The Morgan fingerprint density at radius 3 is 2.67 bits per heavy atom. The standard InChI is InChI=1S/C11H13ClO2S/c1-14-6-7-15-8-11(13)9-2-4-10(12)5-3-9/h2-5H,6-8H2,1H3. The van der Waals surface area contributed by atoms with E-state index < -0.39 is 0 Å². The summed E-state index contributed by atoms with van der Waals surface area (Å²) in [4.78, 5) is 11.6. The number of halogens is 1. The van der Waals surface area contributed by atoms with Gasteiger partial charge in [0.05, 0.1) is 12.4 Å². The Morgan fingerprint density at radius 2 is 2.07 bits per heavy atom. The predicted molar refractivity (Wildman–Crippen MR) is 65.0 cm³/mol. The quantitative estimate of drug-likeness (QED) is 0.569. The normalized spacial score (nSPS) is 10.3. The number of rotatable bonds is 6. The van der Waals surface area contributed by atoms with Crippen molar-refractivity contribution in [3.8, 4) is 0 Å². The highest BCUT2D eigenvalue weighted by Gasteiger charge is 2.04. The second-order valence-corrected chi connectivity index (χ2v) is 4.52. The number of benzene rings is 1. The topological polar surface area (TPSA) is 26.3 Å². The third kappa shape index (κ3) is 4.69. The van der Waals surface area contributed by atoms with Crippen molar-refractivity contribution >= 4 is 29.1 Å². The van der Waals surface area contributed by atoms with Crippen LogP contribution in [0.4, 0.5) is 0 Å². The number of ether oxygens (including phenoxy) is 1. The number of Topliss-reactive ketones (excluding diaryl/α,β-unsaturated/α-hetero) is 1. The molecule has 82 valence electrons. The molecule has 0 spiro atoms. The summed E-state index contributed by atoms with van der Waals surface area (Å²) in [6, 6.07) is 6.96. The van der Waals surface area contributed by atoms with Gasteiger partial charge in [0.1, 0.15) is 0 Å². The molecule has 1 aromatic carbocycles. The van der Waals surface area contributed by atoms with Crippen LogP contribution in [0.2, 0.25) is 5.02 Å². The first-order valence-electron chi connectivity index (χ1n) is 4.59. The van der Waals surface area contributed by atoms with Crippen molar-refractivity contribution in [3.05, 3.63) is 34.9 Å². The van der Waals surface area contributed by atoms with E-state index in [1.54, 1.807) is 43.1 Å². The molecule has 2 nitrogen and oxygen atoms in total. The minimum absolute atomic E-state index is 0.132. The molecule has 0 atom stereocenters. The van der Waals surface area contributed by atoms with Crippen molar-refractivity contribution in [1.29, 1.82) is 0 Å². The van der Waals surface area contributed by atoms with E-state index in [9.17, 15) is 4.79 Å². The van der Waals surface area contributed by atoms with Gasteiger partial charge in [-0.1, -0.05) is 11.6 Å². The molecule has 0 saturated heterocycles. The number of methoxy groups -OCH3 is 1. The molecular weight excluding hydrogens is 232 g/mol. The summed E-state index contributed by atoms with van der Waals surface area (Å²) in [5, 5.41) is 0.651. The van der Waals surface area contributed by atoms with Crippen LogP contribution in [0.15, 0.2) is 24.3 Å². The van der Waals surface area contributed by atoms with Crippen molar-refractivity contribution in [1.82, 2.24) is 0 Å². The van der Waals surface area contributed by atoms with Gasteiger partial charge < -0.3 is 4.74 Å². The molecule has 0 N–H and O–H groups in total. The van der Waals surface area contributed by atoms with E-state index in [0.717, 1.165) is 5.75 Å². The molecule has 0 radical (unpaired) electrons. The van der Waals surface area contributed by atoms with Crippen LogP contribution in [0, 0.1) is 0 Å². The van der Waals surface area contributed by atoms with E-state index in [1.165, 1.54) is 0 Å². The number of hydrogen-bond acceptors (Lipinski definition) is 3. The van der Waals surface area contributed by atoms with Crippen LogP contribution >= 0.6 is 23.4 Å². The van der Waals surface area contributed by atoms with Gasteiger partial charge in [-0.2, -0.15) is 11.8 Å². The molecule has 4 heteroatoms. The number of carbonyl (C=O) groups is 1. The lowest BCUT2D eigenvalue weighted by Crippen LogP contribution is -2.04. The number of thioether (sulfide) groups is 1. The summed E-state index contributed by atoms with van der Waals surface area (Å²) in [6.45, 7) is 0.679. The molecule has 0 aromatic heterocycles. The van der Waals surface area contributed by atoms with Gasteiger partial charge in [-0.3, -0.25) is 4.79 Å². The maximum Gasteiger partial charge on any atom is 0.172 e. The second kappa shape index (κ2) is 6.88. The molecule has 0 saturated carbocycles. The van der Waals surface area contributed by atoms with Crippen molar-refractivity contribution in [3.63, 3.8) is 0 Å². The van der Waals surface area contributed by atoms with Crippen LogP contribution in [0.1, 0.15) is 10.4 Å². The molecule has 1 rings (SSSR count). The van der Waals surface area contributed by atoms with Crippen LogP contribution in [0.5, 0.6) is 0 Å². The van der Waals surface area contributed by atoms with Gasteiger partial charge in [0.15, 0.2) is 5.78 Å². The van der Waals surface area contributed by atoms with Gasteiger partial charge in [-0.05, 0) is 24.3 Å². The van der Waals surface area contributed by atoms with Crippen LogP contribution in [-0.4, -0.2) is 31.0 Å². The largest absolute Gasteiger partial charge is 0.384 e. The zero-order valence-corrected chi connectivity index (χ0v) is 10.1. The fraction of sp³-hybridized carbons (Fsp3) is 0.364. The third-order valence-corrected chi connectivity index (χ3v) is 3.00. The lowest BCUT2D eigenvalue weighted by atomic mass is 10.1. The first-order chi connectivity index (χ1) is 7.24. The highest BCUT2D eigenvalue weighted by molar-refractivity contribution is 8.00. The van der Waals surface area contributed by atoms with Crippen molar-refractivity contribution < 1.29 is 9.53 Å². The molecule has 0 heterocycles. The zero-order valence-electron chi connectivity index (χ0n) is 8.53. The highest BCUT2D eigenvalue weighted by atomic mass is 35.5. The fourth-order valence-electron chi connectivity index (χ4n) is 1.03. The summed E-state index contributed by atoms with van der Waals surface area (Å²) in [5.74, 6) is 1.47. The van der Waals surface area contributed by atoms with E-state index in [4.69, 9.17) is 16.3 Å². The summed E-state index contributed by atoms with van der Waals surface area (Å²) in [5.41, 5.74) is 0.712. The molecule has 0 aliphatic rings. The summed E-state index contributed by atoms with van der Waals surface area (Å²) >= 11 is 7.31. The Bertz CT molecular complexity index is 311. The molecule has 0 unspecified atom stereocenters. The molecule has 15 heavy (non-hydrogen) atoms. The summed E-state index contributed by atoms with van der Waals surface area (Å²) in [7, 11) is 1.65.